The van der Waals surface area contributed by atoms with E-state index in [1.807, 2.05) is 55.5 Å². The number of carbonyl (C=O) groups is 3. The van der Waals surface area contributed by atoms with Crippen molar-refractivity contribution in [3.8, 4) is 11.1 Å². The summed E-state index contributed by atoms with van der Waals surface area (Å²) in [5.41, 5.74) is 3.99. The minimum absolute atomic E-state index is 0.0742. The van der Waals surface area contributed by atoms with Crippen LogP contribution < -0.4 is 10.6 Å². The molecule has 2 amide bonds. The molecule has 4 rings (SSSR count). The molecule has 0 radical (unpaired) electrons. The van der Waals surface area contributed by atoms with Crippen LogP contribution in [0.1, 0.15) is 53.7 Å². The largest absolute Gasteiger partial charge is 0.480 e. The zero-order valence-electron chi connectivity index (χ0n) is 18.5. The number of carboxylic acid groups (broad SMARTS) is 1. The summed E-state index contributed by atoms with van der Waals surface area (Å²) in [6.45, 7) is 1.99. The molecule has 0 spiro atoms. The van der Waals surface area contributed by atoms with E-state index in [-0.39, 0.29) is 30.5 Å². The first-order valence-electron chi connectivity index (χ1n) is 11.0. The van der Waals surface area contributed by atoms with Crippen LogP contribution in [0, 0.1) is 0 Å². The van der Waals surface area contributed by atoms with E-state index in [1.165, 1.54) is 0 Å². The van der Waals surface area contributed by atoms with Crippen molar-refractivity contribution in [1.82, 2.24) is 15.6 Å². The monoisotopic (exact) mass is 464 g/mol. The summed E-state index contributed by atoms with van der Waals surface area (Å²) >= 11 is 0. The molecule has 1 atom stereocenters. The lowest BCUT2D eigenvalue weighted by Gasteiger charge is -2.14. The second-order valence-electron chi connectivity index (χ2n) is 7.92. The highest BCUT2D eigenvalue weighted by atomic mass is 16.6. The topological polar surface area (TPSA) is 144 Å². The van der Waals surface area contributed by atoms with Crippen molar-refractivity contribution < 1.29 is 28.9 Å². The molecule has 10 nitrogen and oxygen atoms in total. The number of carbonyl (C=O) groups excluding carboxylic acids is 2. The molecule has 0 bridgehead atoms. The van der Waals surface area contributed by atoms with Gasteiger partial charge in [0.15, 0.2) is 0 Å². The predicted octanol–water partition coefficient (Wildman–Crippen LogP) is 3.80. The molecule has 2 aromatic carbocycles. The molecule has 1 aliphatic carbocycles. The Hall–Kier alpha value is -4.21. The highest BCUT2D eigenvalue weighted by molar-refractivity contribution is 6.01. The Morgan fingerprint density at radius 1 is 1.06 bits per heavy atom. The van der Waals surface area contributed by atoms with Gasteiger partial charge in [-0.15, -0.1) is 0 Å². The van der Waals surface area contributed by atoms with Gasteiger partial charge in [0.2, 0.25) is 11.5 Å². The highest BCUT2D eigenvalue weighted by Gasteiger charge is 2.30. The second-order valence-corrected chi connectivity index (χ2v) is 7.92. The SMILES string of the molecule is CCCCC(NC(=O)c1nonc1NC(=O)OCC1c2ccccc2-c2ccccc21)C(=O)O. The Labute approximate surface area is 195 Å². The first-order chi connectivity index (χ1) is 16.5. The minimum atomic E-state index is -1.16. The standard InChI is InChI=1S/C24H24N4O6/c1-2-3-12-19(23(30)31)25-22(29)20-21(28-34-27-20)26-24(32)33-13-18-16-10-6-4-8-14(16)15-9-5-7-11-17(15)18/h4-11,18-19H,2-3,12-13H2,1H3,(H,25,29)(H,30,31)(H,26,28,32). The number of unbranched alkanes of at least 4 members (excludes halogenated alkanes) is 1. The van der Waals surface area contributed by atoms with Crippen LogP contribution in [0.4, 0.5) is 10.6 Å². The zero-order chi connectivity index (χ0) is 24.1. The van der Waals surface area contributed by atoms with Crippen molar-refractivity contribution in [2.75, 3.05) is 11.9 Å². The van der Waals surface area contributed by atoms with Gasteiger partial charge >= 0.3 is 12.1 Å². The summed E-state index contributed by atoms with van der Waals surface area (Å²) < 4.78 is 10.0. The highest BCUT2D eigenvalue weighted by Crippen LogP contribution is 2.44. The molecule has 1 aliphatic rings. The van der Waals surface area contributed by atoms with E-state index < -0.39 is 24.0 Å². The minimum Gasteiger partial charge on any atom is -0.480 e. The maximum absolute atomic E-state index is 12.5. The lowest BCUT2D eigenvalue weighted by molar-refractivity contribution is -0.139. The summed E-state index contributed by atoms with van der Waals surface area (Å²) in [6.07, 6.45) is 0.823. The molecule has 1 heterocycles. The fourth-order valence-corrected chi connectivity index (χ4v) is 4.04. The molecule has 1 aromatic heterocycles. The van der Waals surface area contributed by atoms with Crippen LogP contribution >= 0.6 is 0 Å². The number of carboxylic acids is 1. The van der Waals surface area contributed by atoms with Gasteiger partial charge in [0.25, 0.3) is 5.91 Å². The fourth-order valence-electron chi connectivity index (χ4n) is 4.04. The van der Waals surface area contributed by atoms with E-state index in [4.69, 9.17) is 4.74 Å². The Morgan fingerprint density at radius 2 is 1.71 bits per heavy atom. The van der Waals surface area contributed by atoms with Gasteiger partial charge in [-0.1, -0.05) is 68.3 Å². The van der Waals surface area contributed by atoms with E-state index in [0.29, 0.717) is 6.42 Å². The first kappa shape index (κ1) is 23.0. The summed E-state index contributed by atoms with van der Waals surface area (Å²) in [6, 6.07) is 14.8. The van der Waals surface area contributed by atoms with Gasteiger partial charge in [-0.05, 0) is 39.0 Å². The molecule has 176 valence electrons. The van der Waals surface area contributed by atoms with E-state index in [2.05, 4.69) is 25.6 Å². The number of hydrogen-bond donors (Lipinski definition) is 3. The number of aliphatic carboxylic acids is 1. The number of benzene rings is 2. The third-order valence-corrected chi connectivity index (χ3v) is 5.72. The lowest BCUT2D eigenvalue weighted by atomic mass is 9.98. The van der Waals surface area contributed by atoms with Crippen molar-refractivity contribution in [1.29, 1.82) is 0 Å². The molecule has 10 heteroatoms. The maximum Gasteiger partial charge on any atom is 0.412 e. The average molecular weight is 464 g/mol. The Kier molecular flexibility index (Phi) is 6.86. The van der Waals surface area contributed by atoms with E-state index >= 15 is 0 Å². The quantitative estimate of drug-likeness (QED) is 0.434. The van der Waals surface area contributed by atoms with Crippen LogP contribution in [0.5, 0.6) is 0 Å². The van der Waals surface area contributed by atoms with Crippen LogP contribution in [-0.4, -0.2) is 46.0 Å². The van der Waals surface area contributed by atoms with Gasteiger partial charge in [0.05, 0.1) is 0 Å². The van der Waals surface area contributed by atoms with Gasteiger partial charge in [-0.25, -0.2) is 14.2 Å². The first-order valence-corrected chi connectivity index (χ1v) is 11.0. The molecule has 0 saturated carbocycles. The van der Waals surface area contributed by atoms with Crippen molar-refractivity contribution in [2.45, 2.75) is 38.1 Å². The van der Waals surface area contributed by atoms with Crippen molar-refractivity contribution in [3.05, 3.63) is 65.4 Å². The number of ether oxygens (including phenoxy) is 1. The fraction of sp³-hybridized carbons (Fsp3) is 0.292. The smallest absolute Gasteiger partial charge is 0.412 e. The van der Waals surface area contributed by atoms with Crippen molar-refractivity contribution in [2.24, 2.45) is 0 Å². The summed E-state index contributed by atoms with van der Waals surface area (Å²) in [5, 5.41) is 21.1. The molecular formula is C24H24N4O6. The Bertz CT molecular complexity index is 1160. The van der Waals surface area contributed by atoms with Crippen LogP contribution in [-0.2, 0) is 9.53 Å². The maximum atomic E-state index is 12.5. The number of fused-ring (bicyclic) bond motifs is 3. The Balaban J connectivity index is 1.40. The molecule has 3 aromatic rings. The number of aromatic nitrogens is 2. The molecule has 0 saturated heterocycles. The summed E-state index contributed by atoms with van der Waals surface area (Å²) in [5.74, 6) is -2.37. The molecule has 0 fully saturated rings. The zero-order valence-corrected chi connectivity index (χ0v) is 18.5. The number of rotatable bonds is 9. The number of nitrogens with zero attached hydrogens (tertiary/aromatic N) is 2. The normalized spacial score (nSPS) is 13.0. The number of hydrogen-bond acceptors (Lipinski definition) is 7. The lowest BCUT2D eigenvalue weighted by Crippen LogP contribution is -2.41. The summed E-state index contributed by atoms with van der Waals surface area (Å²) in [7, 11) is 0. The second kappa shape index (κ2) is 10.2. The Morgan fingerprint density at radius 3 is 2.32 bits per heavy atom. The van der Waals surface area contributed by atoms with Gasteiger partial charge in [0, 0.05) is 5.92 Å². The molecular weight excluding hydrogens is 440 g/mol. The van der Waals surface area contributed by atoms with E-state index in [0.717, 1.165) is 28.7 Å². The number of nitrogens with one attached hydrogen (secondary N) is 2. The summed E-state index contributed by atoms with van der Waals surface area (Å²) in [4.78, 5) is 36.4. The number of anilines is 1. The molecule has 34 heavy (non-hydrogen) atoms. The molecule has 0 aliphatic heterocycles. The van der Waals surface area contributed by atoms with Crippen LogP contribution in [0.15, 0.2) is 53.2 Å². The molecule has 1 unspecified atom stereocenters. The van der Waals surface area contributed by atoms with E-state index in [9.17, 15) is 19.5 Å². The van der Waals surface area contributed by atoms with Crippen LogP contribution in [0.3, 0.4) is 0 Å². The average Bonchev–Trinajstić information content (AvgIpc) is 3.42. The van der Waals surface area contributed by atoms with Gasteiger partial charge in [0.1, 0.15) is 12.6 Å². The molecule has 3 N–H and O–H groups in total. The van der Waals surface area contributed by atoms with Crippen molar-refractivity contribution in [3.63, 3.8) is 0 Å². The van der Waals surface area contributed by atoms with Crippen molar-refractivity contribution >= 4 is 23.8 Å². The van der Waals surface area contributed by atoms with Gasteiger partial charge in [-0.3, -0.25) is 10.1 Å². The predicted molar refractivity (Wildman–Crippen MR) is 121 cm³/mol. The van der Waals surface area contributed by atoms with Gasteiger partial charge in [-0.2, -0.15) is 0 Å². The van der Waals surface area contributed by atoms with Gasteiger partial charge < -0.3 is 15.2 Å². The third kappa shape index (κ3) is 4.75. The van der Waals surface area contributed by atoms with Crippen LogP contribution in [0.2, 0.25) is 0 Å². The third-order valence-electron chi connectivity index (χ3n) is 5.72. The van der Waals surface area contributed by atoms with E-state index in [1.54, 1.807) is 0 Å². The van der Waals surface area contributed by atoms with Crippen LogP contribution in [0.25, 0.3) is 11.1 Å². The number of amides is 2.